The highest BCUT2D eigenvalue weighted by atomic mass is 14.9. The van der Waals surface area contributed by atoms with Crippen molar-refractivity contribution in [3.05, 3.63) is 0 Å². The third kappa shape index (κ3) is 1.63. The van der Waals surface area contributed by atoms with Gasteiger partial charge in [0.2, 0.25) is 0 Å². The smallest absolute Gasteiger partial charge is 0.0121 e. The first-order chi connectivity index (χ1) is 7.69. The average molecular weight is 221 g/mol. The van der Waals surface area contributed by atoms with Crippen molar-refractivity contribution >= 4 is 0 Å². The van der Waals surface area contributed by atoms with Gasteiger partial charge in [0.15, 0.2) is 0 Å². The van der Waals surface area contributed by atoms with Crippen molar-refractivity contribution in [2.75, 3.05) is 7.05 Å². The Bertz CT molecular complexity index is 230. The fourth-order valence-electron chi connectivity index (χ4n) is 5.52. The van der Waals surface area contributed by atoms with Gasteiger partial charge in [0, 0.05) is 6.04 Å². The molecule has 0 aromatic carbocycles. The van der Waals surface area contributed by atoms with Crippen LogP contribution in [-0.2, 0) is 0 Å². The summed E-state index contributed by atoms with van der Waals surface area (Å²) in [6, 6.07) is 0.773. The molecule has 4 bridgehead atoms. The largest absolute Gasteiger partial charge is 0.316 e. The van der Waals surface area contributed by atoms with Gasteiger partial charge < -0.3 is 5.32 Å². The molecule has 0 radical (unpaired) electrons. The predicted octanol–water partition coefficient (Wildman–Crippen LogP) is 3.30. The summed E-state index contributed by atoms with van der Waals surface area (Å²) in [5.74, 6) is 6.16. The zero-order valence-electron chi connectivity index (χ0n) is 11.1. The second-order valence-corrected chi connectivity index (χ2v) is 7.07. The Labute approximate surface area is 100 Å². The maximum absolute atomic E-state index is 3.63. The van der Waals surface area contributed by atoms with Gasteiger partial charge >= 0.3 is 0 Å². The van der Waals surface area contributed by atoms with E-state index in [0.29, 0.717) is 0 Å². The molecule has 0 spiro atoms. The second-order valence-electron chi connectivity index (χ2n) is 7.07. The molecule has 1 heteroatoms. The van der Waals surface area contributed by atoms with Crippen molar-refractivity contribution in [1.82, 2.24) is 5.32 Å². The third-order valence-corrected chi connectivity index (χ3v) is 5.77. The summed E-state index contributed by atoms with van der Waals surface area (Å²) in [5, 5.41) is 3.63. The molecule has 4 fully saturated rings. The topological polar surface area (TPSA) is 12.0 Å². The Morgan fingerprint density at radius 2 is 1.38 bits per heavy atom. The van der Waals surface area contributed by atoms with Crippen LogP contribution in [0.3, 0.4) is 0 Å². The van der Waals surface area contributed by atoms with E-state index in [0.717, 1.165) is 41.5 Å². The van der Waals surface area contributed by atoms with Gasteiger partial charge in [-0.1, -0.05) is 13.8 Å². The minimum Gasteiger partial charge on any atom is -0.316 e. The van der Waals surface area contributed by atoms with E-state index in [1.807, 2.05) is 0 Å². The van der Waals surface area contributed by atoms with Gasteiger partial charge in [0.05, 0.1) is 0 Å². The zero-order chi connectivity index (χ0) is 11.3. The maximum atomic E-state index is 3.63. The van der Waals surface area contributed by atoms with E-state index in [4.69, 9.17) is 0 Å². The van der Waals surface area contributed by atoms with E-state index >= 15 is 0 Å². The van der Waals surface area contributed by atoms with Crippen LogP contribution in [0.25, 0.3) is 0 Å². The fraction of sp³-hybridized carbons (Fsp3) is 1.00. The van der Waals surface area contributed by atoms with E-state index < -0.39 is 0 Å². The molecule has 0 saturated heterocycles. The normalized spacial score (nSPS) is 47.6. The lowest BCUT2D eigenvalue weighted by molar-refractivity contribution is -0.0572. The van der Waals surface area contributed by atoms with Gasteiger partial charge in [0.25, 0.3) is 0 Å². The van der Waals surface area contributed by atoms with Crippen LogP contribution in [0.2, 0.25) is 0 Å². The summed E-state index contributed by atoms with van der Waals surface area (Å²) in [6.45, 7) is 4.79. The van der Waals surface area contributed by atoms with E-state index in [2.05, 4.69) is 26.2 Å². The van der Waals surface area contributed by atoms with Crippen LogP contribution in [0.1, 0.15) is 46.0 Å². The highest BCUT2D eigenvalue weighted by Crippen LogP contribution is 2.57. The van der Waals surface area contributed by atoms with Gasteiger partial charge in [-0.05, 0) is 74.7 Å². The Balaban J connectivity index is 1.80. The van der Waals surface area contributed by atoms with E-state index in [-0.39, 0.29) is 0 Å². The van der Waals surface area contributed by atoms with Crippen LogP contribution in [0.15, 0.2) is 0 Å². The first-order valence-corrected chi connectivity index (χ1v) is 7.36. The first kappa shape index (κ1) is 11.1. The summed E-state index contributed by atoms with van der Waals surface area (Å²) < 4.78 is 0. The van der Waals surface area contributed by atoms with Crippen molar-refractivity contribution in [2.45, 2.75) is 52.0 Å². The maximum Gasteiger partial charge on any atom is 0.0121 e. The molecule has 4 aliphatic rings. The van der Waals surface area contributed by atoms with Crippen LogP contribution in [0.5, 0.6) is 0 Å². The highest BCUT2D eigenvalue weighted by molar-refractivity contribution is 5.01. The fourth-order valence-corrected chi connectivity index (χ4v) is 5.52. The highest BCUT2D eigenvalue weighted by Gasteiger charge is 2.50. The van der Waals surface area contributed by atoms with Crippen molar-refractivity contribution in [3.8, 4) is 0 Å². The molecule has 16 heavy (non-hydrogen) atoms. The Hall–Kier alpha value is -0.0400. The molecule has 0 aliphatic heterocycles. The molecule has 1 unspecified atom stereocenters. The molecule has 4 saturated carbocycles. The summed E-state index contributed by atoms with van der Waals surface area (Å²) in [5.41, 5.74) is 0. The molecule has 4 rings (SSSR count). The average Bonchev–Trinajstić information content (AvgIpc) is 2.21. The van der Waals surface area contributed by atoms with Crippen molar-refractivity contribution in [1.29, 1.82) is 0 Å². The van der Waals surface area contributed by atoms with E-state index in [1.54, 1.807) is 32.1 Å². The monoisotopic (exact) mass is 221 g/mol. The quantitative estimate of drug-likeness (QED) is 0.771. The van der Waals surface area contributed by atoms with Gasteiger partial charge in [0.1, 0.15) is 0 Å². The standard InChI is InChI=1S/C15H27N/c1-9(2)15(16-3)14-12-5-10-4-11(7-12)8-13(14)6-10/h9-16H,4-8H2,1-3H3. The lowest BCUT2D eigenvalue weighted by atomic mass is 9.50. The molecule has 0 heterocycles. The molecule has 0 amide bonds. The second kappa shape index (κ2) is 4.01. The van der Waals surface area contributed by atoms with Gasteiger partial charge in [-0.3, -0.25) is 0 Å². The van der Waals surface area contributed by atoms with E-state index in [1.165, 1.54) is 0 Å². The third-order valence-electron chi connectivity index (χ3n) is 5.77. The van der Waals surface area contributed by atoms with Crippen LogP contribution < -0.4 is 5.32 Å². The van der Waals surface area contributed by atoms with Gasteiger partial charge in [-0.25, -0.2) is 0 Å². The molecular weight excluding hydrogens is 194 g/mol. The number of rotatable bonds is 3. The Morgan fingerprint density at radius 3 is 1.75 bits per heavy atom. The number of hydrogen-bond acceptors (Lipinski definition) is 1. The lowest BCUT2D eigenvalue weighted by Crippen LogP contribution is -2.53. The van der Waals surface area contributed by atoms with Crippen LogP contribution in [0.4, 0.5) is 0 Å². The van der Waals surface area contributed by atoms with Crippen molar-refractivity contribution in [3.63, 3.8) is 0 Å². The SMILES string of the molecule is CNC(C(C)C)C1C2CC3CC(C2)CC1C3. The molecule has 4 aliphatic carbocycles. The lowest BCUT2D eigenvalue weighted by Gasteiger charge is -2.57. The summed E-state index contributed by atoms with van der Waals surface area (Å²) in [7, 11) is 2.18. The molecule has 0 aromatic rings. The van der Waals surface area contributed by atoms with E-state index in [9.17, 15) is 0 Å². The molecular formula is C15H27N. The van der Waals surface area contributed by atoms with Crippen LogP contribution >= 0.6 is 0 Å². The molecule has 1 atom stereocenters. The minimum atomic E-state index is 0.773. The molecule has 92 valence electrons. The van der Waals surface area contributed by atoms with Crippen molar-refractivity contribution in [2.24, 2.45) is 35.5 Å². The van der Waals surface area contributed by atoms with Gasteiger partial charge in [-0.2, -0.15) is 0 Å². The number of hydrogen-bond donors (Lipinski definition) is 1. The Kier molecular flexibility index (Phi) is 2.78. The Morgan fingerprint density at radius 1 is 0.875 bits per heavy atom. The summed E-state index contributed by atoms with van der Waals surface area (Å²) in [6.07, 6.45) is 7.81. The predicted molar refractivity (Wildman–Crippen MR) is 68.2 cm³/mol. The summed E-state index contributed by atoms with van der Waals surface area (Å²) in [4.78, 5) is 0. The number of nitrogens with one attached hydrogen (secondary N) is 1. The molecule has 1 N–H and O–H groups in total. The summed E-state index contributed by atoms with van der Waals surface area (Å²) >= 11 is 0. The minimum absolute atomic E-state index is 0.773. The van der Waals surface area contributed by atoms with Crippen LogP contribution in [0, 0.1) is 35.5 Å². The first-order valence-electron chi connectivity index (χ1n) is 7.36. The molecule has 1 nitrogen and oxygen atoms in total. The van der Waals surface area contributed by atoms with Gasteiger partial charge in [-0.15, -0.1) is 0 Å². The van der Waals surface area contributed by atoms with Crippen LogP contribution in [-0.4, -0.2) is 13.1 Å². The molecule has 0 aromatic heterocycles. The van der Waals surface area contributed by atoms with Crippen molar-refractivity contribution < 1.29 is 0 Å². The zero-order valence-corrected chi connectivity index (χ0v) is 11.1.